The van der Waals surface area contributed by atoms with Crippen LogP contribution in [0.1, 0.15) is 26.5 Å². The van der Waals surface area contributed by atoms with Gasteiger partial charge in [0.05, 0.1) is 16.7 Å². The molecule has 0 bridgehead atoms. The molecule has 0 aliphatic rings. The average molecular weight is 299 g/mol. The van der Waals surface area contributed by atoms with Crippen LogP contribution in [-0.2, 0) is 5.41 Å². The van der Waals surface area contributed by atoms with Crippen molar-refractivity contribution in [1.82, 2.24) is 19.9 Å². The molecule has 0 fully saturated rings. The smallest absolute Gasteiger partial charge is 0.161 e. The van der Waals surface area contributed by atoms with E-state index in [0.29, 0.717) is 11.0 Å². The first kappa shape index (κ1) is 13.9. The fourth-order valence-corrected chi connectivity index (χ4v) is 2.22. The highest BCUT2D eigenvalue weighted by Gasteiger charge is 2.18. The SMILES string of the molecule is CC(C)(C)c1cc(Cl)nc(-c2ccc3nccnc3c2)n1. The summed E-state index contributed by atoms with van der Waals surface area (Å²) in [6.07, 6.45) is 3.35. The Morgan fingerprint density at radius 1 is 0.905 bits per heavy atom. The fraction of sp³-hybridized carbons (Fsp3) is 0.250. The number of fused-ring (bicyclic) bond motifs is 1. The minimum Gasteiger partial charge on any atom is -0.253 e. The Balaban J connectivity index is 2.16. The molecule has 3 aromatic rings. The van der Waals surface area contributed by atoms with Crippen molar-refractivity contribution in [2.24, 2.45) is 0 Å². The summed E-state index contributed by atoms with van der Waals surface area (Å²) in [4.78, 5) is 17.5. The van der Waals surface area contributed by atoms with E-state index in [9.17, 15) is 0 Å². The average Bonchev–Trinajstić information content (AvgIpc) is 2.45. The van der Waals surface area contributed by atoms with E-state index in [1.807, 2.05) is 24.3 Å². The van der Waals surface area contributed by atoms with Gasteiger partial charge >= 0.3 is 0 Å². The predicted octanol–water partition coefficient (Wildman–Crippen LogP) is 4.04. The van der Waals surface area contributed by atoms with E-state index in [0.717, 1.165) is 22.3 Å². The van der Waals surface area contributed by atoms with Gasteiger partial charge in [-0.3, -0.25) is 9.97 Å². The predicted molar refractivity (Wildman–Crippen MR) is 84.3 cm³/mol. The second-order valence-corrected chi connectivity index (χ2v) is 6.30. The maximum absolute atomic E-state index is 6.15. The van der Waals surface area contributed by atoms with Crippen molar-refractivity contribution in [3.8, 4) is 11.4 Å². The molecular formula is C16H15ClN4. The van der Waals surface area contributed by atoms with Crippen LogP contribution in [0.5, 0.6) is 0 Å². The van der Waals surface area contributed by atoms with Crippen molar-refractivity contribution in [1.29, 1.82) is 0 Å². The van der Waals surface area contributed by atoms with Gasteiger partial charge in [0.1, 0.15) is 5.15 Å². The number of benzene rings is 1. The molecule has 0 amide bonds. The number of halogens is 1. The van der Waals surface area contributed by atoms with Gasteiger partial charge in [-0.15, -0.1) is 0 Å². The normalized spacial score (nSPS) is 11.8. The van der Waals surface area contributed by atoms with Crippen molar-refractivity contribution < 1.29 is 0 Å². The van der Waals surface area contributed by atoms with Crippen molar-refractivity contribution in [2.75, 3.05) is 0 Å². The first-order chi connectivity index (χ1) is 9.93. The largest absolute Gasteiger partial charge is 0.253 e. The first-order valence-electron chi connectivity index (χ1n) is 6.70. The van der Waals surface area contributed by atoms with Gasteiger partial charge < -0.3 is 0 Å². The van der Waals surface area contributed by atoms with Crippen LogP contribution in [0, 0.1) is 0 Å². The zero-order valence-electron chi connectivity index (χ0n) is 12.1. The molecule has 0 aliphatic heterocycles. The summed E-state index contributed by atoms with van der Waals surface area (Å²) in [6, 6.07) is 7.60. The molecule has 0 saturated carbocycles. The van der Waals surface area contributed by atoms with Gasteiger partial charge in [-0.05, 0) is 24.3 Å². The zero-order valence-corrected chi connectivity index (χ0v) is 12.9. The third-order valence-electron chi connectivity index (χ3n) is 3.19. The highest BCUT2D eigenvalue weighted by Crippen LogP contribution is 2.26. The van der Waals surface area contributed by atoms with Gasteiger partial charge in [0.2, 0.25) is 0 Å². The number of nitrogens with zero attached hydrogens (tertiary/aromatic N) is 4. The van der Waals surface area contributed by atoms with Crippen LogP contribution in [0.2, 0.25) is 5.15 Å². The molecule has 106 valence electrons. The molecule has 0 atom stereocenters. The summed E-state index contributed by atoms with van der Waals surface area (Å²) in [5, 5.41) is 0.448. The van der Waals surface area contributed by atoms with Crippen LogP contribution in [0.15, 0.2) is 36.7 Å². The molecule has 0 spiro atoms. The van der Waals surface area contributed by atoms with Crippen LogP contribution in [0.25, 0.3) is 22.4 Å². The molecule has 0 N–H and O–H groups in total. The Kier molecular flexibility index (Phi) is 3.33. The van der Waals surface area contributed by atoms with E-state index in [-0.39, 0.29) is 5.41 Å². The van der Waals surface area contributed by atoms with Crippen LogP contribution in [0.3, 0.4) is 0 Å². The molecule has 4 nitrogen and oxygen atoms in total. The Morgan fingerprint density at radius 2 is 1.62 bits per heavy atom. The minimum absolute atomic E-state index is 0.0853. The molecule has 2 heterocycles. The lowest BCUT2D eigenvalue weighted by atomic mass is 9.92. The molecule has 1 aromatic carbocycles. The lowest BCUT2D eigenvalue weighted by molar-refractivity contribution is 0.568. The fourth-order valence-electron chi connectivity index (χ4n) is 2.03. The molecule has 0 unspecified atom stereocenters. The van der Waals surface area contributed by atoms with E-state index in [1.54, 1.807) is 12.4 Å². The molecule has 21 heavy (non-hydrogen) atoms. The van der Waals surface area contributed by atoms with Gasteiger partial charge in [-0.25, -0.2) is 9.97 Å². The Morgan fingerprint density at radius 3 is 2.33 bits per heavy atom. The van der Waals surface area contributed by atoms with Gasteiger partial charge in [-0.1, -0.05) is 32.4 Å². The van der Waals surface area contributed by atoms with E-state index < -0.39 is 0 Å². The quantitative estimate of drug-likeness (QED) is 0.636. The van der Waals surface area contributed by atoms with Gasteiger partial charge in [0, 0.05) is 23.4 Å². The Labute approximate surface area is 128 Å². The second-order valence-electron chi connectivity index (χ2n) is 5.91. The zero-order chi connectivity index (χ0) is 15.0. The topological polar surface area (TPSA) is 51.6 Å². The van der Waals surface area contributed by atoms with E-state index in [2.05, 4.69) is 40.7 Å². The number of hydrogen-bond donors (Lipinski definition) is 0. The van der Waals surface area contributed by atoms with Crippen molar-refractivity contribution in [2.45, 2.75) is 26.2 Å². The van der Waals surface area contributed by atoms with Gasteiger partial charge in [0.15, 0.2) is 5.82 Å². The molecule has 5 heteroatoms. The van der Waals surface area contributed by atoms with Crippen LogP contribution in [-0.4, -0.2) is 19.9 Å². The van der Waals surface area contributed by atoms with Crippen molar-refractivity contribution >= 4 is 22.6 Å². The monoisotopic (exact) mass is 298 g/mol. The lowest BCUT2D eigenvalue weighted by Gasteiger charge is -2.18. The summed E-state index contributed by atoms with van der Waals surface area (Å²) in [6.45, 7) is 6.30. The summed E-state index contributed by atoms with van der Waals surface area (Å²) in [5.74, 6) is 0.611. The highest BCUT2D eigenvalue weighted by molar-refractivity contribution is 6.29. The van der Waals surface area contributed by atoms with Crippen LogP contribution in [0.4, 0.5) is 0 Å². The molecule has 0 radical (unpaired) electrons. The number of hydrogen-bond acceptors (Lipinski definition) is 4. The van der Waals surface area contributed by atoms with Crippen LogP contribution < -0.4 is 0 Å². The highest BCUT2D eigenvalue weighted by atomic mass is 35.5. The minimum atomic E-state index is -0.0853. The number of aromatic nitrogens is 4. The lowest BCUT2D eigenvalue weighted by Crippen LogP contribution is -2.14. The second kappa shape index (κ2) is 5.04. The number of rotatable bonds is 1. The summed E-state index contributed by atoms with van der Waals surface area (Å²) in [7, 11) is 0. The third-order valence-corrected chi connectivity index (χ3v) is 3.38. The first-order valence-corrected chi connectivity index (χ1v) is 7.07. The summed E-state index contributed by atoms with van der Waals surface area (Å²) < 4.78 is 0. The third kappa shape index (κ3) is 2.85. The summed E-state index contributed by atoms with van der Waals surface area (Å²) >= 11 is 6.15. The van der Waals surface area contributed by atoms with E-state index in [1.165, 1.54) is 0 Å². The molecular weight excluding hydrogens is 284 g/mol. The summed E-state index contributed by atoms with van der Waals surface area (Å²) in [5.41, 5.74) is 3.38. The van der Waals surface area contributed by atoms with Gasteiger partial charge in [-0.2, -0.15) is 0 Å². The Bertz CT molecular complexity index is 809. The standard InChI is InChI=1S/C16H15ClN4/c1-16(2,3)13-9-14(17)21-15(20-13)10-4-5-11-12(8-10)19-7-6-18-11/h4-9H,1-3H3. The molecule has 3 rings (SSSR count). The maximum atomic E-state index is 6.15. The maximum Gasteiger partial charge on any atom is 0.161 e. The van der Waals surface area contributed by atoms with E-state index >= 15 is 0 Å². The Hall–Kier alpha value is -2.07. The van der Waals surface area contributed by atoms with Gasteiger partial charge in [0.25, 0.3) is 0 Å². The van der Waals surface area contributed by atoms with Crippen molar-refractivity contribution in [3.63, 3.8) is 0 Å². The van der Waals surface area contributed by atoms with Crippen LogP contribution >= 0.6 is 11.6 Å². The van der Waals surface area contributed by atoms with Crippen molar-refractivity contribution in [3.05, 3.63) is 47.5 Å². The molecule has 2 aromatic heterocycles. The van der Waals surface area contributed by atoms with E-state index in [4.69, 9.17) is 11.6 Å². The molecule has 0 aliphatic carbocycles. The molecule has 0 saturated heterocycles.